The lowest BCUT2D eigenvalue weighted by Gasteiger charge is -2.21. The Morgan fingerprint density at radius 2 is 1.67 bits per heavy atom. The van der Waals surface area contributed by atoms with Gasteiger partial charge >= 0.3 is 13.6 Å². The lowest BCUT2D eigenvalue weighted by Crippen LogP contribution is -2.36. The number of imidazole rings is 1. The number of ether oxygens (including phenoxy) is 3. The first kappa shape index (κ1) is 29.7. The average molecular weight is 600 g/mol. The molecule has 5 rings (SSSR count). The van der Waals surface area contributed by atoms with E-state index in [9.17, 15) is 29.4 Å². The van der Waals surface area contributed by atoms with Gasteiger partial charge in [0.15, 0.2) is 23.2 Å². The van der Waals surface area contributed by atoms with Crippen LogP contribution in [0.25, 0.3) is 11.2 Å². The number of esters is 1. The predicted octanol–water partition coefficient (Wildman–Crippen LogP) is 1.73. The van der Waals surface area contributed by atoms with E-state index in [4.69, 9.17) is 9.47 Å². The molecule has 5 N–H and O–H groups in total. The highest BCUT2D eigenvalue weighted by Crippen LogP contribution is 2.43. The van der Waals surface area contributed by atoms with Crippen LogP contribution in [0.1, 0.15) is 30.3 Å². The first-order valence-electron chi connectivity index (χ1n) is 13.1. The number of hydrogen-bond acceptors (Lipinski definition) is 11. The fraction of sp³-hybridized carbons (Fsp3) is 0.333. The van der Waals surface area contributed by atoms with Gasteiger partial charge in [-0.1, -0.05) is 60.7 Å². The number of aromatic nitrogens is 4. The van der Waals surface area contributed by atoms with Crippen molar-refractivity contribution in [3.63, 3.8) is 0 Å². The summed E-state index contributed by atoms with van der Waals surface area (Å²) >= 11 is 0. The van der Waals surface area contributed by atoms with Crippen molar-refractivity contribution in [3.8, 4) is 0 Å². The Morgan fingerprint density at radius 3 is 2.26 bits per heavy atom. The molecule has 4 aromatic rings. The topological polar surface area (TPSA) is 198 Å². The van der Waals surface area contributed by atoms with Crippen molar-refractivity contribution in [1.29, 1.82) is 0 Å². The molecule has 222 valence electrons. The van der Waals surface area contributed by atoms with Gasteiger partial charge in [0, 0.05) is 0 Å². The van der Waals surface area contributed by atoms with Gasteiger partial charge in [0.2, 0.25) is 0 Å². The molecule has 14 nitrogen and oxygen atoms in total. The Balaban J connectivity index is 1.38. The Morgan fingerprint density at radius 1 is 1.02 bits per heavy atom. The minimum atomic E-state index is -5.05. The second-order valence-corrected chi connectivity index (χ2v) is 11.2. The molecule has 1 fully saturated rings. The molecular formula is C27H30N5O9P. The van der Waals surface area contributed by atoms with Crippen LogP contribution in [0.3, 0.4) is 0 Å². The van der Waals surface area contributed by atoms with Crippen LogP contribution in [0.2, 0.25) is 0 Å². The van der Waals surface area contributed by atoms with Crippen molar-refractivity contribution >= 4 is 30.5 Å². The molecule has 2 aromatic heterocycles. The molecular weight excluding hydrogens is 569 g/mol. The molecule has 0 spiro atoms. The third-order valence-electron chi connectivity index (χ3n) is 6.73. The number of nitrogens with zero attached hydrogens (tertiary/aromatic N) is 4. The van der Waals surface area contributed by atoms with Gasteiger partial charge in [0.05, 0.1) is 25.6 Å². The maximum Gasteiger partial charge on any atom is 0.365 e. The summed E-state index contributed by atoms with van der Waals surface area (Å²) in [7, 11) is -5.05. The van der Waals surface area contributed by atoms with Crippen molar-refractivity contribution in [2.75, 3.05) is 18.5 Å². The van der Waals surface area contributed by atoms with Gasteiger partial charge in [-0.15, -0.1) is 0 Å². The van der Waals surface area contributed by atoms with Gasteiger partial charge in [-0.3, -0.25) is 9.13 Å². The zero-order chi connectivity index (χ0) is 29.9. The van der Waals surface area contributed by atoms with Gasteiger partial charge in [0.1, 0.15) is 24.6 Å². The second-order valence-electron chi connectivity index (χ2n) is 9.52. The van der Waals surface area contributed by atoms with Gasteiger partial charge in [-0.2, -0.15) is 0 Å². The summed E-state index contributed by atoms with van der Waals surface area (Å²) in [6.45, 7) is 0.738. The van der Waals surface area contributed by atoms with Crippen LogP contribution >= 0.6 is 7.60 Å². The largest absolute Gasteiger partial charge is 0.464 e. The van der Waals surface area contributed by atoms with Crippen molar-refractivity contribution < 1.29 is 43.6 Å². The van der Waals surface area contributed by atoms with E-state index in [1.165, 1.54) is 24.1 Å². The quantitative estimate of drug-likeness (QED) is 0.123. The molecule has 15 heteroatoms. The highest BCUT2D eigenvalue weighted by atomic mass is 31.2. The molecule has 1 saturated heterocycles. The molecule has 0 aliphatic carbocycles. The number of nitrogens with one attached hydrogen (secondary N) is 1. The molecule has 0 saturated carbocycles. The number of benzene rings is 2. The number of carbonyl (C=O) groups excluding carboxylic acids is 1. The third kappa shape index (κ3) is 6.20. The first-order valence-corrected chi connectivity index (χ1v) is 14.8. The summed E-state index contributed by atoms with van der Waals surface area (Å²) in [5.41, 5.74) is 2.66. The van der Waals surface area contributed by atoms with E-state index in [0.29, 0.717) is 17.0 Å². The lowest BCUT2D eigenvalue weighted by molar-refractivity contribution is -0.155. The van der Waals surface area contributed by atoms with Gasteiger partial charge < -0.3 is 39.5 Å². The van der Waals surface area contributed by atoms with Crippen LogP contribution in [-0.2, 0) is 23.6 Å². The number of carbonyl (C=O) groups is 1. The molecule has 5 atom stereocenters. The summed E-state index contributed by atoms with van der Waals surface area (Å²) in [5.74, 6) is -3.04. The van der Waals surface area contributed by atoms with Crippen molar-refractivity contribution in [3.05, 3.63) is 84.4 Å². The fourth-order valence-electron chi connectivity index (χ4n) is 4.73. The van der Waals surface area contributed by atoms with Crippen LogP contribution in [0.15, 0.2) is 73.3 Å². The molecule has 1 unspecified atom stereocenters. The number of aliphatic hydroxyl groups is 2. The van der Waals surface area contributed by atoms with Crippen molar-refractivity contribution in [2.45, 2.75) is 43.4 Å². The summed E-state index contributed by atoms with van der Waals surface area (Å²) in [4.78, 5) is 44.2. The van der Waals surface area contributed by atoms with E-state index in [0.717, 1.165) is 11.1 Å². The van der Waals surface area contributed by atoms with Gasteiger partial charge in [0.25, 0.3) is 5.85 Å². The van der Waals surface area contributed by atoms with Crippen LogP contribution in [-0.4, -0.2) is 82.9 Å². The minimum Gasteiger partial charge on any atom is -0.464 e. The van der Waals surface area contributed by atoms with Gasteiger partial charge in [-0.05, 0) is 18.1 Å². The fourth-order valence-corrected chi connectivity index (χ4v) is 5.36. The number of anilines is 1. The first-order chi connectivity index (χ1) is 20.2. The molecule has 3 heterocycles. The maximum absolute atomic E-state index is 12.0. The summed E-state index contributed by atoms with van der Waals surface area (Å²) in [5, 5.41) is 24.9. The van der Waals surface area contributed by atoms with Crippen LogP contribution < -0.4 is 5.32 Å². The van der Waals surface area contributed by atoms with E-state index < -0.39 is 50.6 Å². The third-order valence-corrected chi connectivity index (χ3v) is 7.70. The predicted molar refractivity (Wildman–Crippen MR) is 148 cm³/mol. The highest BCUT2D eigenvalue weighted by Gasteiger charge is 2.46. The van der Waals surface area contributed by atoms with Crippen LogP contribution in [0.5, 0.6) is 0 Å². The number of hydrogen-bond donors (Lipinski definition) is 5. The van der Waals surface area contributed by atoms with E-state index in [1.807, 2.05) is 60.7 Å². The van der Waals surface area contributed by atoms with Crippen molar-refractivity contribution in [1.82, 2.24) is 19.5 Å². The second kappa shape index (κ2) is 12.6. The lowest BCUT2D eigenvalue weighted by atomic mass is 9.99. The highest BCUT2D eigenvalue weighted by molar-refractivity contribution is 7.53. The zero-order valence-corrected chi connectivity index (χ0v) is 23.3. The van der Waals surface area contributed by atoms with Crippen molar-refractivity contribution in [2.24, 2.45) is 0 Å². The van der Waals surface area contributed by atoms with E-state index in [2.05, 4.69) is 25.0 Å². The Bertz CT molecular complexity index is 1510. The summed E-state index contributed by atoms with van der Waals surface area (Å²) < 4.78 is 28.8. The molecule has 1 aliphatic heterocycles. The standard InChI is InChI=1S/C27H30N5O9P/c1-2-39-26(35)27(42(36,37)38)40-13-18-21(33)22(34)25(41-18)32-15-30-20-23(28-14-29-24(20)32)31-19(16-9-5-3-6-10-16)17-11-7-4-8-12-17/h3-12,14-15,18-19,21-22,25,27,33-34H,2,13H2,1H3,(H,28,29,31)(H2,36,37,38)/t18-,21-,22-,25-,27?/m1/s1. The van der Waals surface area contributed by atoms with E-state index in [1.54, 1.807) is 0 Å². The minimum absolute atomic E-state index is 0.119. The zero-order valence-electron chi connectivity index (χ0n) is 22.4. The SMILES string of the molecule is CCOC(=O)C(OC[C@H]1O[C@@H](n2cnc3c(NC(c4ccccc4)c4ccccc4)ncnc32)[C@H](O)[C@@H]1O)P(=O)(O)O. The summed E-state index contributed by atoms with van der Waals surface area (Å²) in [6.07, 6.45) is -2.72. The molecule has 0 amide bonds. The van der Waals surface area contributed by atoms with Crippen LogP contribution in [0, 0.1) is 0 Å². The molecule has 2 aromatic carbocycles. The molecule has 0 radical (unpaired) electrons. The number of fused-ring (bicyclic) bond motifs is 1. The monoisotopic (exact) mass is 599 g/mol. The van der Waals surface area contributed by atoms with E-state index in [-0.39, 0.29) is 12.6 Å². The molecule has 42 heavy (non-hydrogen) atoms. The summed E-state index contributed by atoms with van der Waals surface area (Å²) in [6, 6.07) is 19.3. The maximum atomic E-state index is 12.0. The molecule has 1 aliphatic rings. The van der Waals surface area contributed by atoms with Gasteiger partial charge in [-0.25, -0.2) is 19.7 Å². The normalized spacial score (nSPS) is 21.5. The van der Waals surface area contributed by atoms with Crippen LogP contribution in [0.4, 0.5) is 5.82 Å². The molecule has 0 bridgehead atoms. The number of rotatable bonds is 11. The van der Waals surface area contributed by atoms with E-state index >= 15 is 0 Å². The number of aliphatic hydroxyl groups excluding tert-OH is 2. The Kier molecular flexibility index (Phi) is 8.94. The average Bonchev–Trinajstić information content (AvgIpc) is 3.53. The Hall–Kier alpha value is -3.75. The smallest absolute Gasteiger partial charge is 0.365 e. The Labute approximate surface area is 240 Å².